The predicted octanol–water partition coefficient (Wildman–Crippen LogP) is 6.76. The zero-order valence-electron chi connectivity index (χ0n) is 23.1. The Bertz CT molecular complexity index is 1890. The highest BCUT2D eigenvalue weighted by Gasteiger charge is 2.22. The molecule has 0 atom stereocenters. The molecule has 0 saturated carbocycles. The Morgan fingerprint density at radius 3 is 2.40 bits per heavy atom. The maximum Gasteiger partial charge on any atom is 0.336 e. The second kappa shape index (κ2) is 11.7. The number of anilines is 2. The van der Waals surface area contributed by atoms with Gasteiger partial charge in [-0.15, -0.1) is 0 Å². The number of carboxylic acid groups (broad SMARTS) is 1. The van der Waals surface area contributed by atoms with Crippen molar-refractivity contribution in [3.8, 4) is 23.0 Å². The molecule has 1 amide bonds. The molecule has 0 spiro atoms. The molecule has 8 nitrogen and oxygen atoms in total. The maximum atomic E-state index is 13.1. The number of H-pyrrole nitrogens is 1. The molecule has 9 heteroatoms. The summed E-state index contributed by atoms with van der Waals surface area (Å²) in [6.45, 7) is 1.15. The normalized spacial score (nSPS) is 14.9. The van der Waals surface area contributed by atoms with Gasteiger partial charge in [0.05, 0.1) is 17.1 Å². The third kappa shape index (κ3) is 6.27. The molecule has 0 radical (unpaired) electrons. The van der Waals surface area contributed by atoms with E-state index in [4.69, 9.17) is 0 Å². The van der Waals surface area contributed by atoms with Gasteiger partial charge in [-0.3, -0.25) is 13.9 Å². The third-order valence-electron chi connectivity index (χ3n) is 7.47. The molecule has 0 bridgehead atoms. The summed E-state index contributed by atoms with van der Waals surface area (Å²) < 4.78 is 19.7. The van der Waals surface area contributed by atoms with E-state index >= 15 is 0 Å². The minimum absolute atomic E-state index is 0.160. The topological polar surface area (TPSA) is 126 Å². The van der Waals surface area contributed by atoms with Crippen LogP contribution in [0, 0.1) is 11.8 Å². The molecule has 6 rings (SSSR count). The van der Waals surface area contributed by atoms with Crippen LogP contribution in [0.1, 0.15) is 31.8 Å². The van der Waals surface area contributed by atoms with Crippen LogP contribution in [0.4, 0.5) is 11.4 Å². The number of nitrogens with zero attached hydrogens (tertiary/aromatic N) is 1. The van der Waals surface area contributed by atoms with Gasteiger partial charge in [-0.2, -0.15) is 10.6 Å². The number of hydrogen-bond acceptors (Lipinski definition) is 5. The highest BCUT2D eigenvalue weighted by molar-refractivity contribution is 8.24. The molecular weight excluding hydrogens is 562 g/mol. The number of carboxylic acids is 1. The van der Waals surface area contributed by atoms with Crippen molar-refractivity contribution < 1.29 is 23.8 Å². The Kier molecular flexibility index (Phi) is 7.65. The van der Waals surface area contributed by atoms with Crippen LogP contribution in [0.3, 0.4) is 0 Å². The van der Waals surface area contributed by atoms with Gasteiger partial charge in [0.2, 0.25) is 0 Å². The minimum Gasteiger partial charge on any atom is -0.478 e. The standard InChI is InChI=1S/C34H29N3O5S/c38-33(36-28-11-13-29(14-12-28)37-17-19-43(41,42)20-18-37)27-5-1-3-23(21-27)7-8-25-4-2-6-30(34(39)40)32(25)26-10-9-24-15-16-35-31(24)22-26/h1-6,9-16,21-22,35,41-42H,17-20H2,(H,36,38)(H,39,40). The average molecular weight is 592 g/mol. The zero-order valence-corrected chi connectivity index (χ0v) is 23.9. The molecule has 43 heavy (non-hydrogen) atoms. The summed E-state index contributed by atoms with van der Waals surface area (Å²) in [7, 11) is -2.46. The Morgan fingerprint density at radius 1 is 0.860 bits per heavy atom. The largest absolute Gasteiger partial charge is 0.478 e. The van der Waals surface area contributed by atoms with Gasteiger partial charge in [-0.05, 0) is 77.7 Å². The highest BCUT2D eigenvalue weighted by Crippen LogP contribution is 2.41. The summed E-state index contributed by atoms with van der Waals surface area (Å²) in [5.41, 5.74) is 5.57. The van der Waals surface area contributed by atoms with Gasteiger partial charge in [0.25, 0.3) is 5.91 Å². The van der Waals surface area contributed by atoms with E-state index in [1.54, 1.807) is 42.5 Å². The fraction of sp³-hybridized carbons (Fsp3) is 0.118. The van der Waals surface area contributed by atoms with E-state index in [9.17, 15) is 23.8 Å². The second-order valence-electron chi connectivity index (χ2n) is 10.3. The van der Waals surface area contributed by atoms with Gasteiger partial charge >= 0.3 is 5.97 Å². The first-order valence-electron chi connectivity index (χ1n) is 13.7. The third-order valence-corrected chi connectivity index (χ3v) is 9.14. The Hall–Kier alpha value is -5.01. The van der Waals surface area contributed by atoms with Gasteiger partial charge in [-0.1, -0.05) is 36.1 Å². The Balaban J connectivity index is 1.21. The molecule has 0 unspecified atom stereocenters. The van der Waals surface area contributed by atoms with Crippen molar-refractivity contribution >= 4 is 44.7 Å². The van der Waals surface area contributed by atoms with E-state index in [2.05, 4.69) is 27.0 Å². The van der Waals surface area contributed by atoms with E-state index < -0.39 is 16.6 Å². The summed E-state index contributed by atoms with van der Waals surface area (Å²) in [5.74, 6) is 5.65. The molecule has 5 aromatic rings. The van der Waals surface area contributed by atoms with Gasteiger partial charge < -0.3 is 20.3 Å². The summed E-state index contributed by atoms with van der Waals surface area (Å²) in [6.07, 6.45) is 1.84. The highest BCUT2D eigenvalue weighted by atomic mass is 32.3. The lowest BCUT2D eigenvalue weighted by Crippen LogP contribution is -2.38. The van der Waals surface area contributed by atoms with Crippen molar-refractivity contribution in [2.45, 2.75) is 0 Å². The van der Waals surface area contributed by atoms with Crippen molar-refractivity contribution in [2.24, 2.45) is 0 Å². The number of nitrogens with one attached hydrogen (secondary N) is 2. The number of aromatic amines is 1. The number of amides is 1. The number of benzene rings is 4. The lowest BCUT2D eigenvalue weighted by molar-refractivity contribution is 0.0697. The molecule has 1 aromatic heterocycles. The van der Waals surface area contributed by atoms with Gasteiger partial charge in [-0.25, -0.2) is 4.79 Å². The quantitative estimate of drug-likeness (QED) is 0.144. The molecule has 5 N–H and O–H groups in total. The molecular formula is C34H29N3O5S. The molecule has 216 valence electrons. The van der Waals surface area contributed by atoms with Crippen molar-refractivity contribution in [1.29, 1.82) is 0 Å². The van der Waals surface area contributed by atoms with E-state index in [-0.39, 0.29) is 11.5 Å². The number of fused-ring (bicyclic) bond motifs is 1. The Labute approximate surface area is 250 Å². The van der Waals surface area contributed by atoms with Crippen LogP contribution in [-0.2, 0) is 0 Å². The van der Waals surface area contributed by atoms with Gasteiger partial charge in [0, 0.05) is 58.4 Å². The number of aromatic carboxylic acids is 1. The number of aromatic nitrogens is 1. The monoisotopic (exact) mass is 591 g/mol. The summed E-state index contributed by atoms with van der Waals surface area (Å²) in [4.78, 5) is 30.4. The summed E-state index contributed by atoms with van der Waals surface area (Å²) in [6, 6.07) is 27.2. The fourth-order valence-corrected chi connectivity index (χ4v) is 6.40. The summed E-state index contributed by atoms with van der Waals surface area (Å²) in [5, 5.41) is 13.9. The maximum absolute atomic E-state index is 13.1. The van der Waals surface area contributed by atoms with Crippen LogP contribution in [0.15, 0.2) is 97.2 Å². The van der Waals surface area contributed by atoms with Crippen molar-refractivity contribution in [3.63, 3.8) is 0 Å². The van der Waals surface area contributed by atoms with Crippen LogP contribution in [0.2, 0.25) is 0 Å². The van der Waals surface area contributed by atoms with Crippen LogP contribution < -0.4 is 10.2 Å². The number of rotatable bonds is 5. The molecule has 1 aliphatic heterocycles. The molecule has 1 saturated heterocycles. The predicted molar refractivity (Wildman–Crippen MR) is 172 cm³/mol. The lowest BCUT2D eigenvalue weighted by Gasteiger charge is -2.41. The average Bonchev–Trinajstić information content (AvgIpc) is 3.48. The molecule has 1 aliphatic rings. The van der Waals surface area contributed by atoms with Crippen LogP contribution >= 0.6 is 10.6 Å². The second-order valence-corrected chi connectivity index (χ2v) is 12.8. The van der Waals surface area contributed by atoms with Gasteiger partial charge in [0.15, 0.2) is 0 Å². The number of carbonyl (C=O) groups is 2. The molecule has 4 aromatic carbocycles. The zero-order chi connectivity index (χ0) is 30.0. The first kappa shape index (κ1) is 28.1. The number of hydrogen-bond donors (Lipinski definition) is 5. The van der Waals surface area contributed by atoms with Crippen molar-refractivity contribution in [1.82, 2.24) is 4.98 Å². The van der Waals surface area contributed by atoms with Crippen LogP contribution in [0.25, 0.3) is 22.0 Å². The molecule has 1 fully saturated rings. The van der Waals surface area contributed by atoms with E-state index in [1.807, 2.05) is 54.7 Å². The van der Waals surface area contributed by atoms with E-state index in [1.165, 1.54) is 0 Å². The van der Waals surface area contributed by atoms with Crippen molar-refractivity contribution in [2.75, 3.05) is 34.8 Å². The van der Waals surface area contributed by atoms with Crippen LogP contribution in [0.5, 0.6) is 0 Å². The smallest absolute Gasteiger partial charge is 0.336 e. The fourth-order valence-electron chi connectivity index (χ4n) is 5.17. The van der Waals surface area contributed by atoms with E-state index in [0.29, 0.717) is 52.5 Å². The lowest BCUT2D eigenvalue weighted by atomic mass is 9.93. The molecule has 2 heterocycles. The van der Waals surface area contributed by atoms with Crippen molar-refractivity contribution in [3.05, 3.63) is 119 Å². The SMILES string of the molecule is O=C(Nc1ccc(N2CCS(O)(O)CC2)cc1)c1cccc(C#Cc2cccc(C(=O)O)c2-c2ccc3cc[nH]c3c2)c1. The molecule has 0 aliphatic carbocycles. The first-order chi connectivity index (χ1) is 20.8. The Morgan fingerprint density at radius 2 is 1.63 bits per heavy atom. The number of carbonyl (C=O) groups excluding carboxylic acids is 1. The van der Waals surface area contributed by atoms with Gasteiger partial charge in [0.1, 0.15) is 0 Å². The first-order valence-corrected chi connectivity index (χ1v) is 15.6. The summed E-state index contributed by atoms with van der Waals surface area (Å²) >= 11 is 0. The minimum atomic E-state index is -2.46. The van der Waals surface area contributed by atoms with Crippen LogP contribution in [-0.4, -0.2) is 55.7 Å². The van der Waals surface area contributed by atoms with E-state index in [0.717, 1.165) is 22.2 Å².